The smallest absolute Gasteiger partial charge is 0.410 e. The summed E-state index contributed by atoms with van der Waals surface area (Å²) in [5.74, 6) is -1.47. The molecule has 2 aliphatic rings. The van der Waals surface area contributed by atoms with Gasteiger partial charge < -0.3 is 19.4 Å². The quantitative estimate of drug-likeness (QED) is 0.370. The number of nitrogens with one attached hydrogen (secondary N) is 1. The zero-order valence-corrected chi connectivity index (χ0v) is 24.0. The molecule has 1 saturated heterocycles. The van der Waals surface area contributed by atoms with Crippen LogP contribution in [-0.4, -0.2) is 63.9 Å². The van der Waals surface area contributed by atoms with Crippen molar-refractivity contribution < 1.29 is 27.4 Å². The van der Waals surface area contributed by atoms with Gasteiger partial charge in [-0.15, -0.1) is 0 Å². The number of likely N-dealkylation sites (tertiary alicyclic amines) is 1. The lowest BCUT2D eigenvalue weighted by molar-refractivity contribution is 0.0275. The minimum absolute atomic E-state index is 0.00729. The van der Waals surface area contributed by atoms with Crippen molar-refractivity contribution in [1.82, 2.24) is 14.8 Å². The number of ether oxygens (including phenoxy) is 2. The number of amides is 1. The van der Waals surface area contributed by atoms with Crippen LogP contribution in [-0.2, 0) is 11.2 Å². The zero-order chi connectivity index (χ0) is 29.0. The maximum atomic E-state index is 15.9. The number of benzene rings is 2. The number of alkyl halides is 1. The van der Waals surface area contributed by atoms with Crippen molar-refractivity contribution >= 4 is 17.0 Å². The molecule has 0 spiro atoms. The molecule has 5 rings (SSSR count). The molecule has 2 aliphatic heterocycles. The minimum Gasteiger partial charge on any atom is -0.488 e. The van der Waals surface area contributed by atoms with Crippen LogP contribution < -0.4 is 4.74 Å². The highest BCUT2D eigenvalue weighted by Crippen LogP contribution is 2.44. The van der Waals surface area contributed by atoms with Crippen molar-refractivity contribution in [3.05, 3.63) is 64.9 Å². The molecule has 0 aliphatic carbocycles. The number of carbonyl (C=O) groups excluding carboxylic acids is 1. The van der Waals surface area contributed by atoms with Crippen molar-refractivity contribution in [2.75, 3.05) is 19.6 Å². The van der Waals surface area contributed by atoms with Gasteiger partial charge in [0.1, 0.15) is 34.8 Å². The Labute approximate surface area is 233 Å². The molecule has 1 N–H and O–H groups in total. The third-order valence-electron chi connectivity index (χ3n) is 7.50. The number of hydrogen-bond acceptors (Lipinski definition) is 4. The molecule has 3 atom stereocenters. The van der Waals surface area contributed by atoms with E-state index in [1.54, 1.807) is 20.8 Å². The van der Waals surface area contributed by atoms with Gasteiger partial charge in [0.15, 0.2) is 0 Å². The van der Waals surface area contributed by atoms with Crippen molar-refractivity contribution in [1.29, 1.82) is 0 Å². The lowest BCUT2D eigenvalue weighted by Crippen LogP contribution is -2.48. The summed E-state index contributed by atoms with van der Waals surface area (Å²) < 4.78 is 58.1. The predicted molar refractivity (Wildman–Crippen MR) is 148 cm³/mol. The van der Waals surface area contributed by atoms with Crippen LogP contribution >= 0.6 is 0 Å². The third kappa shape index (κ3) is 5.80. The molecule has 0 bridgehead atoms. The van der Waals surface area contributed by atoms with Gasteiger partial charge in [0.25, 0.3) is 0 Å². The highest BCUT2D eigenvalue weighted by molar-refractivity contribution is 5.85. The average molecular weight is 558 g/mol. The number of H-pyrrole nitrogens is 1. The van der Waals surface area contributed by atoms with Crippen molar-refractivity contribution in [2.24, 2.45) is 0 Å². The highest BCUT2D eigenvalue weighted by Gasteiger charge is 2.41. The SMILES string of the molecule is C[C@@H]1Cc2c([nH]c3ccccc23)[C@@H](c2c(F)cc(O[C@@H]3CCN(C(=O)OC(C)(C)C)C3)cc2F)N1CC(C)(C)F. The summed E-state index contributed by atoms with van der Waals surface area (Å²) in [5, 5.41) is 1.00. The first-order valence-corrected chi connectivity index (χ1v) is 13.9. The standard InChI is InChI=1S/C31H38F3N3O3/c1-18-13-22-21-9-7-8-10-25(21)35-27(22)28(37(18)17-31(5,6)34)26-23(32)14-20(15-24(26)33)39-19-11-12-36(16-19)29(38)40-30(2,3)4/h7-10,14-15,18-19,28,35H,11-13,16-17H2,1-6H3/t18-,19-,28-/m1/s1. The van der Waals surface area contributed by atoms with Crippen LogP contribution in [0.15, 0.2) is 36.4 Å². The van der Waals surface area contributed by atoms with E-state index in [-0.39, 0.29) is 30.4 Å². The summed E-state index contributed by atoms with van der Waals surface area (Å²) in [4.78, 5) is 19.2. The number of carbonyl (C=O) groups is 1. The second-order valence-electron chi connectivity index (χ2n) is 12.7. The Morgan fingerprint density at radius 2 is 1.77 bits per heavy atom. The first-order chi connectivity index (χ1) is 18.7. The van der Waals surface area contributed by atoms with Gasteiger partial charge in [-0.3, -0.25) is 4.90 Å². The lowest BCUT2D eigenvalue weighted by Gasteiger charge is -2.43. The summed E-state index contributed by atoms with van der Waals surface area (Å²) in [6.45, 7) is 11.0. The van der Waals surface area contributed by atoms with E-state index in [4.69, 9.17) is 9.47 Å². The predicted octanol–water partition coefficient (Wildman–Crippen LogP) is 6.92. The van der Waals surface area contributed by atoms with E-state index in [0.717, 1.165) is 16.5 Å². The Morgan fingerprint density at radius 3 is 2.42 bits per heavy atom. The van der Waals surface area contributed by atoms with Crippen molar-refractivity contribution in [2.45, 2.75) is 83.8 Å². The summed E-state index contributed by atoms with van der Waals surface area (Å²) >= 11 is 0. The van der Waals surface area contributed by atoms with Crippen LogP contribution in [0.4, 0.5) is 18.0 Å². The normalized spacial score (nSPS) is 22.0. The number of aromatic nitrogens is 1. The monoisotopic (exact) mass is 557 g/mol. The van der Waals surface area contributed by atoms with Crippen LogP contribution in [0.2, 0.25) is 0 Å². The number of para-hydroxylation sites is 1. The van der Waals surface area contributed by atoms with E-state index in [9.17, 15) is 9.18 Å². The van der Waals surface area contributed by atoms with E-state index in [1.165, 1.54) is 30.9 Å². The number of rotatable bonds is 5. The van der Waals surface area contributed by atoms with Crippen LogP contribution in [0, 0.1) is 11.6 Å². The van der Waals surface area contributed by atoms with Gasteiger partial charge >= 0.3 is 6.09 Å². The van der Waals surface area contributed by atoms with Gasteiger partial charge in [-0.2, -0.15) is 0 Å². The molecule has 9 heteroatoms. The van der Waals surface area contributed by atoms with Crippen LogP contribution in [0.1, 0.15) is 70.8 Å². The van der Waals surface area contributed by atoms with E-state index >= 15 is 8.78 Å². The molecular weight excluding hydrogens is 519 g/mol. The van der Waals surface area contributed by atoms with Gasteiger partial charge in [0.05, 0.1) is 12.6 Å². The molecule has 0 radical (unpaired) electrons. The number of halogens is 3. The topological polar surface area (TPSA) is 57.8 Å². The second kappa shape index (κ2) is 10.3. The molecule has 6 nitrogen and oxygen atoms in total. The molecule has 0 saturated carbocycles. The molecular formula is C31H38F3N3O3. The van der Waals surface area contributed by atoms with Gasteiger partial charge in [-0.1, -0.05) is 18.2 Å². The van der Waals surface area contributed by atoms with Crippen LogP contribution in [0.25, 0.3) is 10.9 Å². The summed E-state index contributed by atoms with van der Waals surface area (Å²) in [5.41, 5.74) is 0.215. The molecule has 2 aromatic carbocycles. The second-order valence-corrected chi connectivity index (χ2v) is 12.7. The number of nitrogens with zero attached hydrogens (tertiary/aromatic N) is 2. The van der Waals surface area contributed by atoms with Gasteiger partial charge in [0.2, 0.25) is 0 Å². The van der Waals surface area contributed by atoms with E-state index < -0.39 is 41.1 Å². The minimum atomic E-state index is -1.57. The Hall–Kier alpha value is -3.20. The molecule has 3 aromatic rings. The summed E-state index contributed by atoms with van der Waals surface area (Å²) in [6, 6.07) is 9.16. The first kappa shape index (κ1) is 28.3. The van der Waals surface area contributed by atoms with E-state index in [2.05, 4.69) is 4.98 Å². The molecule has 1 fully saturated rings. The fourth-order valence-electron chi connectivity index (χ4n) is 5.90. The lowest BCUT2D eigenvalue weighted by atomic mass is 9.87. The van der Waals surface area contributed by atoms with Gasteiger partial charge in [0, 0.05) is 59.8 Å². The molecule has 1 amide bonds. The first-order valence-electron chi connectivity index (χ1n) is 13.9. The van der Waals surface area contributed by atoms with E-state index in [1.807, 2.05) is 36.1 Å². The van der Waals surface area contributed by atoms with Crippen molar-refractivity contribution in [3.63, 3.8) is 0 Å². The maximum Gasteiger partial charge on any atom is 0.410 e. The fourth-order valence-corrected chi connectivity index (χ4v) is 5.90. The Morgan fingerprint density at radius 1 is 1.10 bits per heavy atom. The zero-order valence-electron chi connectivity index (χ0n) is 24.0. The molecule has 1 aromatic heterocycles. The maximum absolute atomic E-state index is 15.9. The molecule has 40 heavy (non-hydrogen) atoms. The largest absolute Gasteiger partial charge is 0.488 e. The van der Waals surface area contributed by atoms with Crippen LogP contribution in [0.5, 0.6) is 5.75 Å². The Kier molecular flexibility index (Phi) is 7.31. The van der Waals surface area contributed by atoms with Crippen molar-refractivity contribution in [3.8, 4) is 5.75 Å². The number of hydrogen-bond donors (Lipinski definition) is 1. The number of aromatic amines is 1. The van der Waals surface area contributed by atoms with Crippen LogP contribution in [0.3, 0.4) is 0 Å². The molecule has 216 valence electrons. The summed E-state index contributed by atoms with van der Waals surface area (Å²) in [6.07, 6.45) is 0.285. The third-order valence-corrected chi connectivity index (χ3v) is 7.50. The Bertz CT molecular complexity index is 1390. The molecule has 3 heterocycles. The van der Waals surface area contributed by atoms with Gasteiger partial charge in [-0.25, -0.2) is 18.0 Å². The Balaban J connectivity index is 1.46. The van der Waals surface area contributed by atoms with E-state index in [0.29, 0.717) is 25.1 Å². The average Bonchev–Trinajstić information content (AvgIpc) is 3.43. The van der Waals surface area contributed by atoms with Gasteiger partial charge in [-0.05, 0) is 59.6 Å². The number of fused-ring (bicyclic) bond motifs is 3. The molecule has 0 unspecified atom stereocenters. The summed E-state index contributed by atoms with van der Waals surface area (Å²) in [7, 11) is 0. The highest BCUT2D eigenvalue weighted by atomic mass is 19.1. The fraction of sp³-hybridized carbons (Fsp3) is 0.516.